The number of aryl methyl sites for hydroxylation is 1. The molecule has 1 aliphatic carbocycles. The molecular formula is C23H23NO4. The summed E-state index contributed by atoms with van der Waals surface area (Å²) >= 11 is 0. The molecule has 0 fully saturated rings. The number of hydrogen-bond acceptors (Lipinski definition) is 5. The van der Waals surface area contributed by atoms with Crippen LogP contribution >= 0.6 is 0 Å². The summed E-state index contributed by atoms with van der Waals surface area (Å²) in [6.07, 6.45) is 1.13. The first-order chi connectivity index (χ1) is 13.5. The Morgan fingerprint density at radius 3 is 2.50 bits per heavy atom. The third kappa shape index (κ3) is 3.07. The van der Waals surface area contributed by atoms with E-state index in [1.54, 1.807) is 0 Å². The highest BCUT2D eigenvalue weighted by atomic mass is 16.5. The van der Waals surface area contributed by atoms with Gasteiger partial charge in [-0.15, -0.1) is 0 Å². The smallest absolute Gasteiger partial charge is 0.336 e. The van der Waals surface area contributed by atoms with Gasteiger partial charge >= 0.3 is 5.97 Å². The standard InChI is InChI=1S/C23H23NO4/c1-13-9-10-19(28-13)22-20(23(26)27-3)14(2)24-17-11-16(12-18(25)21(17)22)15-7-5-4-6-8-15/h4-10,16,22,24H,11-12H2,1-3H3/t16-,22-/m1/s1. The van der Waals surface area contributed by atoms with Crippen LogP contribution in [-0.4, -0.2) is 18.9 Å². The Balaban J connectivity index is 1.80. The lowest BCUT2D eigenvalue weighted by atomic mass is 9.73. The van der Waals surface area contributed by atoms with Gasteiger partial charge in [-0.1, -0.05) is 30.3 Å². The van der Waals surface area contributed by atoms with E-state index in [1.165, 1.54) is 7.11 Å². The molecular weight excluding hydrogens is 354 g/mol. The molecule has 5 nitrogen and oxygen atoms in total. The van der Waals surface area contributed by atoms with Gasteiger partial charge in [-0.2, -0.15) is 0 Å². The maximum atomic E-state index is 13.3. The van der Waals surface area contributed by atoms with Crippen LogP contribution in [0.25, 0.3) is 0 Å². The van der Waals surface area contributed by atoms with Crippen molar-refractivity contribution >= 4 is 11.8 Å². The lowest BCUT2D eigenvalue weighted by molar-refractivity contribution is -0.136. The Morgan fingerprint density at radius 1 is 1.11 bits per heavy atom. The first-order valence-corrected chi connectivity index (χ1v) is 9.43. The SMILES string of the molecule is COC(=O)C1=C(C)NC2=C(C(=O)C[C@H](c3ccccc3)C2)[C@@H]1c1ccc(C)o1. The van der Waals surface area contributed by atoms with Gasteiger partial charge in [0.2, 0.25) is 0 Å². The second kappa shape index (κ2) is 7.15. The van der Waals surface area contributed by atoms with E-state index in [0.717, 1.165) is 17.0 Å². The Hall–Kier alpha value is -3.08. The lowest BCUT2D eigenvalue weighted by Crippen LogP contribution is -2.35. The highest BCUT2D eigenvalue weighted by Crippen LogP contribution is 2.45. The predicted molar refractivity (Wildman–Crippen MR) is 104 cm³/mol. The fourth-order valence-electron chi connectivity index (χ4n) is 4.27. The number of rotatable bonds is 3. The number of Topliss-reactive ketones (excluding diaryl/α,β-unsaturated/α-hetero) is 1. The third-order valence-electron chi connectivity index (χ3n) is 5.55. The van der Waals surface area contributed by atoms with Crippen LogP contribution in [0.5, 0.6) is 0 Å². The molecule has 2 atom stereocenters. The summed E-state index contributed by atoms with van der Waals surface area (Å²) in [7, 11) is 1.35. The summed E-state index contributed by atoms with van der Waals surface area (Å²) in [6, 6.07) is 13.8. The molecule has 5 heteroatoms. The molecule has 1 N–H and O–H groups in total. The molecule has 1 aliphatic heterocycles. The van der Waals surface area contributed by atoms with Gasteiger partial charge in [0, 0.05) is 23.4 Å². The van der Waals surface area contributed by atoms with Crippen molar-refractivity contribution in [2.45, 2.75) is 38.5 Å². The number of furan rings is 1. The average Bonchev–Trinajstić information content (AvgIpc) is 3.13. The van der Waals surface area contributed by atoms with Crippen molar-refractivity contribution in [3.05, 3.63) is 82.1 Å². The molecule has 28 heavy (non-hydrogen) atoms. The Bertz CT molecular complexity index is 997. The summed E-state index contributed by atoms with van der Waals surface area (Å²) in [5, 5.41) is 3.32. The molecule has 1 aromatic carbocycles. The molecule has 0 bridgehead atoms. The van der Waals surface area contributed by atoms with Crippen LogP contribution in [0.4, 0.5) is 0 Å². The van der Waals surface area contributed by atoms with E-state index in [4.69, 9.17) is 9.15 Å². The van der Waals surface area contributed by atoms with Gasteiger partial charge in [0.25, 0.3) is 0 Å². The van der Waals surface area contributed by atoms with E-state index in [1.807, 2.05) is 44.2 Å². The lowest BCUT2D eigenvalue weighted by Gasteiger charge is -2.35. The zero-order valence-electron chi connectivity index (χ0n) is 16.2. The zero-order chi connectivity index (χ0) is 19.8. The fraction of sp³-hybridized carbons (Fsp3) is 0.304. The molecule has 0 saturated heterocycles. The Labute approximate surface area is 164 Å². The summed E-state index contributed by atoms with van der Waals surface area (Å²) in [4.78, 5) is 25.8. The van der Waals surface area contributed by atoms with Crippen LogP contribution in [0.3, 0.4) is 0 Å². The molecule has 4 rings (SSSR count). The second-order valence-corrected chi connectivity index (χ2v) is 7.37. The molecule has 2 aliphatic rings. The van der Waals surface area contributed by atoms with Gasteiger partial charge in [0.1, 0.15) is 11.5 Å². The largest absolute Gasteiger partial charge is 0.466 e. The number of nitrogens with one attached hydrogen (secondary N) is 1. The predicted octanol–water partition coefficient (Wildman–Crippen LogP) is 4.12. The zero-order valence-corrected chi connectivity index (χ0v) is 16.2. The van der Waals surface area contributed by atoms with Gasteiger partial charge in [-0.05, 0) is 43.9 Å². The molecule has 144 valence electrons. The van der Waals surface area contributed by atoms with Gasteiger partial charge in [-0.25, -0.2) is 4.79 Å². The van der Waals surface area contributed by atoms with E-state index < -0.39 is 11.9 Å². The van der Waals surface area contributed by atoms with Crippen LogP contribution in [0, 0.1) is 6.92 Å². The van der Waals surface area contributed by atoms with Crippen LogP contribution in [0.15, 0.2) is 69.4 Å². The van der Waals surface area contributed by atoms with E-state index in [0.29, 0.717) is 35.4 Å². The number of esters is 1. The summed E-state index contributed by atoms with van der Waals surface area (Å²) < 4.78 is 10.9. The molecule has 0 unspecified atom stereocenters. The van der Waals surface area contributed by atoms with Gasteiger partial charge in [-0.3, -0.25) is 4.79 Å². The molecule has 0 saturated carbocycles. The molecule has 2 heterocycles. The van der Waals surface area contributed by atoms with Crippen LogP contribution in [0.2, 0.25) is 0 Å². The van der Waals surface area contributed by atoms with E-state index in [-0.39, 0.29) is 11.7 Å². The molecule has 0 spiro atoms. The van der Waals surface area contributed by atoms with Crippen molar-refractivity contribution in [1.29, 1.82) is 0 Å². The van der Waals surface area contributed by atoms with E-state index in [2.05, 4.69) is 17.4 Å². The number of carbonyl (C=O) groups is 2. The van der Waals surface area contributed by atoms with Crippen LogP contribution in [-0.2, 0) is 14.3 Å². The number of carbonyl (C=O) groups excluding carboxylic acids is 2. The normalized spacial score (nSPS) is 22.0. The van der Waals surface area contributed by atoms with Crippen molar-refractivity contribution in [2.75, 3.05) is 7.11 Å². The summed E-state index contributed by atoms with van der Waals surface area (Å²) in [6.45, 7) is 3.69. The van der Waals surface area contributed by atoms with Crippen molar-refractivity contribution in [2.24, 2.45) is 0 Å². The van der Waals surface area contributed by atoms with E-state index >= 15 is 0 Å². The second-order valence-electron chi connectivity index (χ2n) is 7.37. The quantitative estimate of drug-likeness (QED) is 0.815. The topological polar surface area (TPSA) is 68.5 Å². The first-order valence-electron chi connectivity index (χ1n) is 9.43. The maximum absolute atomic E-state index is 13.3. The third-order valence-corrected chi connectivity index (χ3v) is 5.55. The molecule has 1 aromatic heterocycles. The minimum absolute atomic E-state index is 0.0376. The number of allylic oxidation sites excluding steroid dienone is 3. The summed E-state index contributed by atoms with van der Waals surface area (Å²) in [5.41, 5.74) is 3.77. The van der Waals surface area contributed by atoms with Gasteiger partial charge in [0.15, 0.2) is 5.78 Å². The number of ether oxygens (including phenoxy) is 1. The van der Waals surface area contributed by atoms with Crippen molar-refractivity contribution < 1.29 is 18.7 Å². The number of ketones is 1. The van der Waals surface area contributed by atoms with E-state index in [9.17, 15) is 9.59 Å². The first kappa shape index (κ1) is 18.3. The van der Waals surface area contributed by atoms with Crippen LogP contribution < -0.4 is 5.32 Å². The number of benzene rings is 1. The molecule has 0 radical (unpaired) electrons. The number of methoxy groups -OCH3 is 1. The highest BCUT2D eigenvalue weighted by Gasteiger charge is 2.42. The molecule has 2 aromatic rings. The van der Waals surface area contributed by atoms with Gasteiger partial charge < -0.3 is 14.5 Å². The minimum Gasteiger partial charge on any atom is -0.466 e. The Morgan fingerprint density at radius 2 is 1.86 bits per heavy atom. The average molecular weight is 377 g/mol. The van der Waals surface area contributed by atoms with Crippen molar-refractivity contribution in [3.63, 3.8) is 0 Å². The van der Waals surface area contributed by atoms with Crippen molar-refractivity contribution in [1.82, 2.24) is 5.32 Å². The minimum atomic E-state index is -0.540. The van der Waals surface area contributed by atoms with Gasteiger partial charge in [0.05, 0.1) is 18.6 Å². The maximum Gasteiger partial charge on any atom is 0.336 e. The van der Waals surface area contributed by atoms with Crippen LogP contribution in [0.1, 0.15) is 48.7 Å². The Kier molecular flexibility index (Phi) is 4.67. The monoisotopic (exact) mass is 377 g/mol. The summed E-state index contributed by atoms with van der Waals surface area (Å²) in [5.74, 6) is 0.498. The van der Waals surface area contributed by atoms with Crippen molar-refractivity contribution in [3.8, 4) is 0 Å². The molecule has 0 amide bonds. The number of dihydropyridines is 1. The highest BCUT2D eigenvalue weighted by molar-refractivity contribution is 6.04. The fourth-order valence-corrected chi connectivity index (χ4v) is 4.27. The number of hydrogen-bond donors (Lipinski definition) is 1.